The molecule has 2 saturated carbocycles. The number of aliphatic hydroxyl groups excluding tert-OH is 3. The van der Waals surface area contributed by atoms with Gasteiger partial charge in [-0.25, -0.2) is 4.79 Å². The average molecular weight is 647 g/mol. The molecule has 0 spiro atoms. The first-order valence-electron chi connectivity index (χ1n) is 15.3. The van der Waals surface area contributed by atoms with Crippen molar-refractivity contribution in [3.05, 3.63) is 47.0 Å². The van der Waals surface area contributed by atoms with Crippen LogP contribution in [-0.4, -0.2) is 105 Å². The summed E-state index contributed by atoms with van der Waals surface area (Å²) >= 11 is 0. The third-order valence-corrected chi connectivity index (χ3v) is 10.6. The highest BCUT2D eigenvalue weighted by Crippen LogP contribution is 2.68. The van der Waals surface area contributed by atoms with E-state index >= 15 is 0 Å². The molecule has 13 nitrogen and oxygen atoms in total. The van der Waals surface area contributed by atoms with Gasteiger partial charge in [-0.05, 0) is 44.1 Å². The maximum Gasteiger partial charge on any atom is 0.338 e. The van der Waals surface area contributed by atoms with Crippen molar-refractivity contribution in [1.29, 1.82) is 0 Å². The molecule has 46 heavy (non-hydrogen) atoms. The molecule has 0 amide bonds. The molecule has 0 unspecified atom stereocenters. The van der Waals surface area contributed by atoms with Crippen LogP contribution in [0, 0.1) is 16.7 Å². The van der Waals surface area contributed by atoms with E-state index in [-0.39, 0.29) is 30.6 Å². The van der Waals surface area contributed by atoms with Gasteiger partial charge >= 0.3 is 23.9 Å². The van der Waals surface area contributed by atoms with Crippen LogP contribution in [0.2, 0.25) is 0 Å². The van der Waals surface area contributed by atoms with E-state index in [4.69, 9.17) is 23.7 Å². The molecule has 1 aromatic rings. The smallest absolute Gasteiger partial charge is 0.338 e. The first kappa shape index (κ1) is 34.0. The Hall–Kier alpha value is -3.36. The highest BCUT2D eigenvalue weighted by atomic mass is 16.6. The quantitative estimate of drug-likeness (QED) is 0.186. The van der Waals surface area contributed by atoms with E-state index in [0.29, 0.717) is 5.57 Å². The third kappa shape index (κ3) is 4.94. The van der Waals surface area contributed by atoms with Crippen molar-refractivity contribution in [2.24, 2.45) is 16.7 Å². The van der Waals surface area contributed by atoms with Crippen LogP contribution < -0.4 is 0 Å². The molecule has 10 atom stereocenters. The van der Waals surface area contributed by atoms with Gasteiger partial charge in [0.25, 0.3) is 0 Å². The second-order valence-electron chi connectivity index (χ2n) is 13.5. The number of carbonyl (C=O) groups is 4. The molecule has 5 rings (SSSR count). The van der Waals surface area contributed by atoms with E-state index in [1.54, 1.807) is 25.1 Å². The van der Waals surface area contributed by atoms with Gasteiger partial charge in [-0.1, -0.05) is 18.2 Å². The van der Waals surface area contributed by atoms with Gasteiger partial charge in [0.15, 0.2) is 5.60 Å². The average Bonchev–Trinajstić information content (AvgIpc) is 3.23. The molecule has 1 heterocycles. The van der Waals surface area contributed by atoms with Crippen LogP contribution >= 0.6 is 0 Å². The molecular formula is C33H42O13. The fourth-order valence-corrected chi connectivity index (χ4v) is 8.62. The second kappa shape index (κ2) is 11.7. The van der Waals surface area contributed by atoms with Crippen LogP contribution in [0.25, 0.3) is 0 Å². The summed E-state index contributed by atoms with van der Waals surface area (Å²) < 4.78 is 29.4. The topological polar surface area (TPSA) is 195 Å². The predicted molar refractivity (Wildman–Crippen MR) is 157 cm³/mol. The van der Waals surface area contributed by atoms with Crippen molar-refractivity contribution < 1.29 is 63.3 Å². The van der Waals surface area contributed by atoms with E-state index in [1.807, 2.05) is 0 Å². The summed E-state index contributed by atoms with van der Waals surface area (Å²) in [6, 6.07) is 7.96. The van der Waals surface area contributed by atoms with Crippen LogP contribution in [0.3, 0.4) is 0 Å². The van der Waals surface area contributed by atoms with Crippen LogP contribution in [0.1, 0.15) is 64.7 Å². The number of hydrogen-bond donors (Lipinski definition) is 4. The van der Waals surface area contributed by atoms with E-state index in [9.17, 15) is 39.6 Å². The van der Waals surface area contributed by atoms with Crippen molar-refractivity contribution >= 4 is 23.9 Å². The van der Waals surface area contributed by atoms with Crippen LogP contribution in [0.5, 0.6) is 0 Å². The summed E-state index contributed by atoms with van der Waals surface area (Å²) in [5.74, 6) is -4.46. The number of esters is 4. The summed E-state index contributed by atoms with van der Waals surface area (Å²) in [5, 5.41) is 48.6. The number of ether oxygens (including phenoxy) is 5. The van der Waals surface area contributed by atoms with Gasteiger partial charge in [0.1, 0.15) is 31.0 Å². The van der Waals surface area contributed by atoms with Crippen LogP contribution in [-0.2, 0) is 38.1 Å². The summed E-state index contributed by atoms with van der Waals surface area (Å²) in [7, 11) is 0. The Morgan fingerprint density at radius 1 is 0.978 bits per heavy atom. The van der Waals surface area contributed by atoms with E-state index in [2.05, 4.69) is 0 Å². The fraction of sp³-hybridized carbons (Fsp3) is 0.636. The lowest BCUT2D eigenvalue weighted by Gasteiger charge is -2.65. The molecule has 1 saturated heterocycles. The molecule has 3 fully saturated rings. The maximum atomic E-state index is 14.0. The highest BCUT2D eigenvalue weighted by molar-refractivity contribution is 5.89. The van der Waals surface area contributed by atoms with Crippen molar-refractivity contribution in [3.63, 3.8) is 0 Å². The molecule has 4 aliphatic rings. The largest absolute Gasteiger partial charge is 0.465 e. The van der Waals surface area contributed by atoms with Gasteiger partial charge in [0.05, 0.1) is 46.7 Å². The molecule has 0 radical (unpaired) electrons. The monoisotopic (exact) mass is 646 g/mol. The molecule has 13 heteroatoms. The van der Waals surface area contributed by atoms with E-state index < -0.39 is 95.1 Å². The minimum Gasteiger partial charge on any atom is -0.465 e. The Balaban J connectivity index is 1.89. The normalized spacial score (nSPS) is 38.3. The first-order valence-corrected chi connectivity index (χ1v) is 15.3. The first-order chi connectivity index (χ1) is 21.4. The summed E-state index contributed by atoms with van der Waals surface area (Å²) in [6.45, 7) is 7.01. The Kier molecular flexibility index (Phi) is 8.65. The van der Waals surface area contributed by atoms with Gasteiger partial charge in [0, 0.05) is 33.6 Å². The SMILES string of the molecule is CC(=O)OC[C@@]12[C@H]([C@H](OC(=O)c3ccccc3)[C@]3(C(C)(C)O)C[C@H](OC(C)=O)C(C)=C3[C@@H](O)[C@@H]1O)[C@]1(OC(C)=O)CO[C@@H]1C[C@@H]2O. The zero-order chi connectivity index (χ0) is 34.0. The fourth-order valence-electron chi connectivity index (χ4n) is 8.62. The number of rotatable bonds is 7. The van der Waals surface area contributed by atoms with Gasteiger partial charge in [-0.3, -0.25) is 14.4 Å². The highest BCUT2D eigenvalue weighted by Gasteiger charge is 2.80. The lowest BCUT2D eigenvalue weighted by atomic mass is 9.49. The summed E-state index contributed by atoms with van der Waals surface area (Å²) in [6.07, 6.45) is -9.36. The molecule has 0 aromatic heterocycles. The van der Waals surface area contributed by atoms with Gasteiger partial charge < -0.3 is 44.1 Å². The zero-order valence-corrected chi connectivity index (χ0v) is 26.7. The van der Waals surface area contributed by atoms with Gasteiger partial charge in [0.2, 0.25) is 0 Å². The number of carbonyl (C=O) groups excluding carboxylic acids is 4. The second-order valence-corrected chi connectivity index (χ2v) is 13.5. The maximum absolute atomic E-state index is 14.0. The Labute approximate surface area is 266 Å². The molecule has 4 N–H and O–H groups in total. The molecule has 252 valence electrons. The number of aliphatic hydroxyl groups is 4. The van der Waals surface area contributed by atoms with Crippen LogP contribution in [0.4, 0.5) is 0 Å². The lowest BCUT2D eigenvalue weighted by molar-refractivity contribution is -0.358. The Morgan fingerprint density at radius 2 is 1.63 bits per heavy atom. The minimum absolute atomic E-state index is 0.0307. The van der Waals surface area contributed by atoms with Gasteiger partial charge in [-0.15, -0.1) is 0 Å². The Bertz CT molecular complexity index is 1430. The zero-order valence-electron chi connectivity index (χ0n) is 26.7. The van der Waals surface area contributed by atoms with Crippen LogP contribution in [0.15, 0.2) is 41.5 Å². The van der Waals surface area contributed by atoms with Crippen molar-refractivity contribution in [3.8, 4) is 0 Å². The minimum atomic E-state index is -2.03. The Morgan fingerprint density at radius 3 is 2.15 bits per heavy atom. The summed E-state index contributed by atoms with van der Waals surface area (Å²) in [4.78, 5) is 51.3. The number of hydrogen-bond acceptors (Lipinski definition) is 13. The van der Waals surface area contributed by atoms with E-state index in [1.165, 1.54) is 39.8 Å². The predicted octanol–water partition coefficient (Wildman–Crippen LogP) is 0.988. The summed E-state index contributed by atoms with van der Waals surface area (Å²) in [5.41, 5.74) is -6.98. The molecular weight excluding hydrogens is 604 g/mol. The lowest BCUT2D eigenvalue weighted by Crippen LogP contribution is -2.80. The molecule has 1 aliphatic heterocycles. The standard InChI is InChI=1S/C33H42O13/c1-16-21(44-18(3)35)13-32(30(5,6)41)24(16)25(38)27(39)31(14-42-17(2)34)22(37)12-23-33(15-43-23,46-19(4)36)26(31)28(32)45-29(40)20-10-8-7-9-11-20/h7-11,21-23,25-28,37-39,41H,12-15H2,1-6H3/t21-,22-,23+,25+,26-,27-,28-,31+,32-,33-/m0/s1. The number of fused-ring (bicyclic) bond motifs is 4. The number of benzene rings is 1. The van der Waals surface area contributed by atoms with Crippen molar-refractivity contribution in [1.82, 2.24) is 0 Å². The molecule has 1 aromatic carbocycles. The molecule has 0 bridgehead atoms. The van der Waals surface area contributed by atoms with Crippen molar-refractivity contribution in [2.75, 3.05) is 13.2 Å². The van der Waals surface area contributed by atoms with E-state index in [0.717, 1.165) is 6.92 Å². The van der Waals surface area contributed by atoms with Crippen molar-refractivity contribution in [2.45, 2.75) is 102 Å². The molecule has 3 aliphatic carbocycles. The van der Waals surface area contributed by atoms with Gasteiger partial charge in [-0.2, -0.15) is 0 Å². The third-order valence-electron chi connectivity index (χ3n) is 10.6.